The molecular formula is C20H32O. The van der Waals surface area contributed by atoms with Crippen LogP contribution in [0.1, 0.15) is 73.1 Å². The first-order chi connectivity index (χ1) is 9.76. The van der Waals surface area contributed by atoms with E-state index in [4.69, 9.17) is 0 Å². The molecule has 0 aliphatic heterocycles. The Morgan fingerprint density at radius 2 is 1.57 bits per heavy atom. The quantitative estimate of drug-likeness (QED) is 0.578. The summed E-state index contributed by atoms with van der Waals surface area (Å²) in [4.78, 5) is 0. The molecule has 2 atom stereocenters. The van der Waals surface area contributed by atoms with Gasteiger partial charge in [0.2, 0.25) is 0 Å². The first kappa shape index (κ1) is 16.5. The van der Waals surface area contributed by atoms with E-state index in [0.717, 1.165) is 38.5 Å². The molecule has 1 heteroatoms. The summed E-state index contributed by atoms with van der Waals surface area (Å²) in [6.07, 6.45) is 13.1. The van der Waals surface area contributed by atoms with Crippen molar-refractivity contribution in [1.29, 1.82) is 0 Å². The monoisotopic (exact) mass is 288 g/mol. The SMILES string of the molecule is CC1=CCC2(O)CC=C(C)C(CCC(C)=CCC1)C2(C)C. The van der Waals surface area contributed by atoms with Crippen LogP contribution in [0.5, 0.6) is 0 Å². The second-order valence-electron chi connectivity index (χ2n) is 7.84. The van der Waals surface area contributed by atoms with Gasteiger partial charge in [-0.05, 0) is 65.2 Å². The minimum absolute atomic E-state index is 0.0674. The van der Waals surface area contributed by atoms with E-state index in [1.807, 2.05) is 0 Å². The summed E-state index contributed by atoms with van der Waals surface area (Å²) in [5.74, 6) is 0.479. The van der Waals surface area contributed by atoms with E-state index in [0.29, 0.717) is 5.92 Å². The van der Waals surface area contributed by atoms with Crippen LogP contribution in [-0.4, -0.2) is 10.7 Å². The highest BCUT2D eigenvalue weighted by Gasteiger charge is 2.49. The van der Waals surface area contributed by atoms with E-state index in [-0.39, 0.29) is 5.41 Å². The lowest BCUT2D eigenvalue weighted by atomic mass is 9.57. The number of hydrogen-bond donors (Lipinski definition) is 1. The average molecular weight is 288 g/mol. The summed E-state index contributed by atoms with van der Waals surface area (Å²) in [5.41, 5.74) is 3.71. The minimum Gasteiger partial charge on any atom is -0.389 e. The maximum atomic E-state index is 11.3. The van der Waals surface area contributed by atoms with Crippen molar-refractivity contribution in [3.05, 3.63) is 34.9 Å². The molecule has 21 heavy (non-hydrogen) atoms. The van der Waals surface area contributed by atoms with Gasteiger partial charge >= 0.3 is 0 Å². The van der Waals surface area contributed by atoms with Gasteiger partial charge in [-0.1, -0.05) is 48.8 Å². The highest BCUT2D eigenvalue weighted by molar-refractivity contribution is 5.22. The number of aliphatic hydroxyl groups is 1. The summed E-state index contributed by atoms with van der Waals surface area (Å²) in [6.45, 7) is 11.2. The highest BCUT2D eigenvalue weighted by atomic mass is 16.3. The molecule has 0 heterocycles. The van der Waals surface area contributed by atoms with E-state index >= 15 is 0 Å². The Bertz CT molecular complexity index is 478. The summed E-state index contributed by atoms with van der Waals surface area (Å²) in [7, 11) is 0. The fourth-order valence-corrected chi connectivity index (χ4v) is 4.03. The zero-order valence-corrected chi connectivity index (χ0v) is 14.5. The molecule has 118 valence electrons. The maximum Gasteiger partial charge on any atom is 0.0772 e. The third-order valence-corrected chi connectivity index (χ3v) is 6.03. The zero-order chi connectivity index (χ0) is 15.7. The van der Waals surface area contributed by atoms with E-state index in [9.17, 15) is 5.11 Å². The lowest BCUT2D eigenvalue weighted by molar-refractivity contribution is -0.0942. The Morgan fingerprint density at radius 1 is 0.952 bits per heavy atom. The number of fused-ring (bicyclic) bond motifs is 2. The summed E-state index contributed by atoms with van der Waals surface area (Å²) >= 11 is 0. The van der Waals surface area contributed by atoms with Gasteiger partial charge < -0.3 is 5.11 Å². The van der Waals surface area contributed by atoms with Crippen molar-refractivity contribution in [2.45, 2.75) is 78.7 Å². The van der Waals surface area contributed by atoms with Crippen LogP contribution in [0.15, 0.2) is 34.9 Å². The normalized spacial score (nSPS) is 34.0. The average Bonchev–Trinajstić information content (AvgIpc) is 2.40. The van der Waals surface area contributed by atoms with Gasteiger partial charge in [0, 0.05) is 5.41 Å². The molecule has 0 saturated carbocycles. The second kappa shape index (κ2) is 6.12. The van der Waals surface area contributed by atoms with Crippen LogP contribution in [0.3, 0.4) is 0 Å². The Morgan fingerprint density at radius 3 is 2.29 bits per heavy atom. The molecule has 1 nitrogen and oxygen atoms in total. The molecule has 0 spiro atoms. The van der Waals surface area contributed by atoms with Crippen molar-refractivity contribution < 1.29 is 5.11 Å². The van der Waals surface area contributed by atoms with Crippen LogP contribution in [0.25, 0.3) is 0 Å². The highest BCUT2D eigenvalue weighted by Crippen LogP contribution is 2.51. The summed E-state index contributed by atoms with van der Waals surface area (Å²) < 4.78 is 0. The summed E-state index contributed by atoms with van der Waals surface area (Å²) in [5, 5.41) is 11.3. The fraction of sp³-hybridized carbons (Fsp3) is 0.700. The van der Waals surface area contributed by atoms with Crippen LogP contribution in [0, 0.1) is 11.3 Å². The van der Waals surface area contributed by atoms with Crippen molar-refractivity contribution in [3.8, 4) is 0 Å². The van der Waals surface area contributed by atoms with Crippen LogP contribution < -0.4 is 0 Å². The van der Waals surface area contributed by atoms with E-state index < -0.39 is 5.60 Å². The molecular weight excluding hydrogens is 256 g/mol. The van der Waals surface area contributed by atoms with Gasteiger partial charge in [-0.3, -0.25) is 0 Å². The minimum atomic E-state index is -0.602. The number of hydrogen-bond acceptors (Lipinski definition) is 1. The van der Waals surface area contributed by atoms with E-state index in [1.165, 1.54) is 16.7 Å². The third-order valence-electron chi connectivity index (χ3n) is 6.03. The largest absolute Gasteiger partial charge is 0.389 e. The lowest BCUT2D eigenvalue weighted by Crippen LogP contribution is -2.51. The molecule has 2 bridgehead atoms. The molecule has 2 unspecified atom stereocenters. The fourth-order valence-electron chi connectivity index (χ4n) is 4.03. The smallest absolute Gasteiger partial charge is 0.0772 e. The first-order valence-electron chi connectivity index (χ1n) is 8.46. The molecule has 0 fully saturated rings. The predicted octanol–water partition coefficient (Wildman–Crippen LogP) is 5.57. The molecule has 2 aliphatic carbocycles. The van der Waals surface area contributed by atoms with Gasteiger partial charge in [0.25, 0.3) is 0 Å². The molecule has 0 aromatic heterocycles. The Labute approximate surface area is 130 Å². The van der Waals surface area contributed by atoms with E-state index in [2.05, 4.69) is 52.8 Å². The molecule has 0 radical (unpaired) electrons. The van der Waals surface area contributed by atoms with E-state index in [1.54, 1.807) is 0 Å². The van der Waals surface area contributed by atoms with Gasteiger partial charge in [0.1, 0.15) is 0 Å². The summed E-state index contributed by atoms with van der Waals surface area (Å²) in [6, 6.07) is 0. The van der Waals surface area contributed by atoms with Crippen LogP contribution >= 0.6 is 0 Å². The van der Waals surface area contributed by atoms with Gasteiger partial charge in [0.05, 0.1) is 5.60 Å². The van der Waals surface area contributed by atoms with Crippen molar-refractivity contribution in [3.63, 3.8) is 0 Å². The van der Waals surface area contributed by atoms with Crippen LogP contribution in [0.4, 0.5) is 0 Å². The van der Waals surface area contributed by atoms with Crippen molar-refractivity contribution in [2.24, 2.45) is 11.3 Å². The van der Waals surface area contributed by atoms with Gasteiger partial charge in [-0.25, -0.2) is 0 Å². The third kappa shape index (κ3) is 3.34. The molecule has 1 N–H and O–H groups in total. The topological polar surface area (TPSA) is 20.2 Å². The molecule has 0 saturated heterocycles. The lowest BCUT2D eigenvalue weighted by Gasteiger charge is -2.51. The molecule has 0 aromatic carbocycles. The van der Waals surface area contributed by atoms with Gasteiger partial charge in [-0.15, -0.1) is 0 Å². The van der Waals surface area contributed by atoms with Crippen molar-refractivity contribution >= 4 is 0 Å². The predicted molar refractivity (Wildman–Crippen MR) is 91.2 cm³/mol. The van der Waals surface area contributed by atoms with Gasteiger partial charge in [-0.2, -0.15) is 0 Å². The Balaban J connectivity index is 2.39. The zero-order valence-electron chi connectivity index (χ0n) is 14.5. The van der Waals surface area contributed by atoms with Crippen LogP contribution in [-0.2, 0) is 0 Å². The number of allylic oxidation sites excluding steroid dienone is 4. The van der Waals surface area contributed by atoms with Crippen molar-refractivity contribution in [1.82, 2.24) is 0 Å². The first-order valence-corrected chi connectivity index (χ1v) is 8.46. The second-order valence-corrected chi connectivity index (χ2v) is 7.84. The Hall–Kier alpha value is -0.820. The molecule has 0 amide bonds. The molecule has 2 rings (SSSR count). The van der Waals surface area contributed by atoms with Crippen LogP contribution in [0.2, 0.25) is 0 Å². The standard InChI is InChI=1S/C20H32O/c1-15-7-6-8-16(2)11-13-20(21)14-12-17(3)18(10-9-15)19(20,4)5/h7,11-12,18,21H,6,8-10,13-14H2,1-5H3. The maximum absolute atomic E-state index is 11.3. The Kier molecular flexibility index (Phi) is 4.82. The number of rotatable bonds is 0. The van der Waals surface area contributed by atoms with Crippen molar-refractivity contribution in [2.75, 3.05) is 0 Å². The van der Waals surface area contributed by atoms with Gasteiger partial charge in [0.15, 0.2) is 0 Å². The molecule has 0 aromatic rings. The molecule has 2 aliphatic rings.